The zero-order valence-electron chi connectivity index (χ0n) is 54.8. The van der Waals surface area contributed by atoms with Gasteiger partial charge in [-0.3, -0.25) is 38.5 Å². The van der Waals surface area contributed by atoms with Crippen molar-refractivity contribution >= 4 is 59.2 Å². The van der Waals surface area contributed by atoms with Crippen molar-refractivity contribution in [3.63, 3.8) is 0 Å². The summed E-state index contributed by atoms with van der Waals surface area (Å²) in [6, 6.07) is 6.82. The summed E-state index contributed by atoms with van der Waals surface area (Å²) in [7, 11) is 9.72. The smallest absolute Gasteiger partial charge is 0.410 e. The molecule has 2 aromatic carbocycles. The van der Waals surface area contributed by atoms with Crippen LogP contribution in [-0.2, 0) is 49.6 Å². The number of nitrogens with one attached hydrogen (secondary N) is 6. The second-order valence-electron chi connectivity index (χ2n) is 24.5. The SMILES string of the molecule is CC[C@H](C)[C@@H]([C@@H](CC(=O)N1CCC[C@H]1[C@H](OC)[C@@H](C)C(=O)N[C@H](C)[C@@H](O)c1ccccc1)OC)N(C)C(=O)[C@@H](NC(=O)[C@H](C(C)C)N(C)C(=O)OCc1ccc(NC(=O)[C@H](CCCNC(N)=O)NC(=O)[C@@H](N)C(C)C)cc1C(=O)NCCN(C)C)C(C)C. The number of nitrogens with zero attached hydrogens (tertiary/aromatic N) is 4. The summed E-state index contributed by atoms with van der Waals surface area (Å²) in [5.41, 5.74) is 12.5. The highest BCUT2D eigenvalue weighted by molar-refractivity contribution is 6.01. The topological polar surface area (TPSA) is 339 Å². The summed E-state index contributed by atoms with van der Waals surface area (Å²) in [4.78, 5) is 130. The summed E-state index contributed by atoms with van der Waals surface area (Å²) in [5.74, 6) is -5.39. The first-order valence-electron chi connectivity index (χ1n) is 30.7. The Kier molecular flexibility index (Phi) is 31.3. The van der Waals surface area contributed by atoms with Gasteiger partial charge in [-0.05, 0) is 88.1 Å². The standard InChI is InChI=1S/C63H104N12O13/c1-17-39(8)53(48(86-15)34-49(76)75-31-22-26-47(75)55(87-16)40(9)56(78)68-41(10)54(77)42-23-19-18-20-24-42)73(13)61(83)51(37(4)5)71-60(82)52(38(6)7)74(14)63(85)88-35-43-27-28-44(33-45(43)57(79)66-30-32-72(11)12)69-58(80)46(25-21-29-67-62(65)84)70-59(81)50(64)36(2)3/h18-20,23-24,27-28,33,36-41,46-48,50-55,77H,17,21-22,25-26,29-32,34-35,64H2,1-16H3,(H,66,79)(H,68,78)(H,69,80)(H,70,81)(H,71,82)(H3,65,67,84)/t39-,40+,41+,46-,47-,48+,50-,51-,52-,53-,54+,55+/m0/s1. The number of ether oxygens (including phenoxy) is 3. The van der Waals surface area contributed by atoms with Crippen LogP contribution in [0.5, 0.6) is 0 Å². The molecule has 11 N–H and O–H groups in total. The molecule has 494 valence electrons. The number of amides is 10. The minimum absolute atomic E-state index is 0.0650. The third-order valence-corrected chi connectivity index (χ3v) is 16.5. The molecule has 12 atom stereocenters. The number of benzene rings is 2. The van der Waals surface area contributed by atoms with E-state index in [0.717, 1.165) is 4.90 Å². The zero-order chi connectivity index (χ0) is 66.3. The largest absolute Gasteiger partial charge is 0.445 e. The number of likely N-dealkylation sites (N-methyl/N-ethyl adjacent to an activating group) is 3. The van der Waals surface area contributed by atoms with Gasteiger partial charge in [0.1, 0.15) is 24.7 Å². The van der Waals surface area contributed by atoms with Crippen molar-refractivity contribution in [3.8, 4) is 0 Å². The summed E-state index contributed by atoms with van der Waals surface area (Å²) in [5, 5.41) is 27.6. The minimum Gasteiger partial charge on any atom is -0.445 e. The molecule has 1 aliphatic rings. The quantitative estimate of drug-likeness (QED) is 0.0444. The highest BCUT2D eigenvalue weighted by atomic mass is 16.6. The fourth-order valence-corrected chi connectivity index (χ4v) is 11.0. The number of anilines is 1. The van der Waals surface area contributed by atoms with E-state index in [-0.39, 0.29) is 72.8 Å². The first-order chi connectivity index (χ1) is 41.4. The van der Waals surface area contributed by atoms with Crippen molar-refractivity contribution in [1.82, 2.24) is 46.2 Å². The van der Waals surface area contributed by atoms with Gasteiger partial charge in [0.15, 0.2) is 0 Å². The molecular weight excluding hydrogens is 1130 g/mol. The third-order valence-electron chi connectivity index (χ3n) is 16.5. The van der Waals surface area contributed by atoms with E-state index in [1.165, 1.54) is 44.4 Å². The van der Waals surface area contributed by atoms with E-state index >= 15 is 0 Å². The van der Waals surface area contributed by atoms with Gasteiger partial charge in [-0.1, -0.05) is 105 Å². The van der Waals surface area contributed by atoms with Crippen LogP contribution in [0.4, 0.5) is 15.3 Å². The van der Waals surface area contributed by atoms with Crippen molar-refractivity contribution in [2.45, 2.75) is 175 Å². The first kappa shape index (κ1) is 75.3. The van der Waals surface area contributed by atoms with Gasteiger partial charge < -0.3 is 77.4 Å². The number of aliphatic hydroxyl groups excluding tert-OH is 1. The van der Waals surface area contributed by atoms with Crippen LogP contribution in [0.3, 0.4) is 0 Å². The monoisotopic (exact) mass is 1240 g/mol. The number of nitrogens with two attached hydrogens (primary N) is 2. The molecule has 1 fully saturated rings. The Labute approximate surface area is 521 Å². The Morgan fingerprint density at radius 2 is 1.42 bits per heavy atom. The van der Waals surface area contributed by atoms with Crippen LogP contribution in [0, 0.1) is 29.6 Å². The molecule has 88 heavy (non-hydrogen) atoms. The molecule has 25 heteroatoms. The van der Waals surface area contributed by atoms with Crippen molar-refractivity contribution in [1.29, 1.82) is 0 Å². The van der Waals surface area contributed by atoms with Gasteiger partial charge in [0.2, 0.25) is 35.4 Å². The average Bonchev–Trinajstić information content (AvgIpc) is 2.27. The summed E-state index contributed by atoms with van der Waals surface area (Å²) >= 11 is 0. The molecule has 0 aliphatic carbocycles. The number of primary amides is 1. The summed E-state index contributed by atoms with van der Waals surface area (Å²) < 4.78 is 17.9. The van der Waals surface area contributed by atoms with Crippen LogP contribution in [0.15, 0.2) is 48.5 Å². The predicted octanol–water partition coefficient (Wildman–Crippen LogP) is 3.73. The van der Waals surface area contributed by atoms with E-state index < -0.39 is 127 Å². The van der Waals surface area contributed by atoms with Crippen molar-refractivity contribution in [2.24, 2.45) is 41.1 Å². The molecular formula is C63H104N12O13. The van der Waals surface area contributed by atoms with Gasteiger partial charge in [-0.25, -0.2) is 9.59 Å². The van der Waals surface area contributed by atoms with Gasteiger partial charge in [0.05, 0.1) is 54.8 Å². The Bertz CT molecular complexity index is 2610. The first-order valence-corrected chi connectivity index (χ1v) is 30.7. The summed E-state index contributed by atoms with van der Waals surface area (Å²) in [6.45, 7) is 18.9. The van der Waals surface area contributed by atoms with Gasteiger partial charge in [0.25, 0.3) is 5.91 Å². The van der Waals surface area contributed by atoms with Gasteiger partial charge >= 0.3 is 12.1 Å². The number of hydrogen-bond donors (Lipinski definition) is 9. The molecule has 10 amide bonds. The number of hydrogen-bond acceptors (Lipinski definition) is 15. The van der Waals surface area contributed by atoms with E-state index in [0.29, 0.717) is 37.9 Å². The number of urea groups is 1. The lowest BCUT2D eigenvalue weighted by Crippen LogP contribution is -2.60. The lowest BCUT2D eigenvalue weighted by Gasteiger charge is -2.41. The van der Waals surface area contributed by atoms with Crippen LogP contribution in [-0.4, -0.2) is 201 Å². The highest BCUT2D eigenvalue weighted by Crippen LogP contribution is 2.31. The molecule has 2 aromatic rings. The number of methoxy groups -OCH3 is 2. The van der Waals surface area contributed by atoms with Crippen molar-refractivity contribution in [3.05, 3.63) is 65.2 Å². The molecule has 1 heterocycles. The normalized spacial score (nSPS) is 17.1. The Morgan fingerprint density at radius 3 is 1.99 bits per heavy atom. The second-order valence-corrected chi connectivity index (χ2v) is 24.5. The second kappa shape index (κ2) is 36.5. The van der Waals surface area contributed by atoms with Gasteiger partial charge in [-0.15, -0.1) is 0 Å². The van der Waals surface area contributed by atoms with Crippen molar-refractivity contribution < 1.29 is 62.5 Å². The average molecular weight is 1240 g/mol. The number of carbonyl (C=O) groups excluding carboxylic acids is 9. The molecule has 1 saturated heterocycles. The molecule has 0 bridgehead atoms. The van der Waals surface area contributed by atoms with Crippen LogP contribution in [0.2, 0.25) is 0 Å². The van der Waals surface area contributed by atoms with Gasteiger partial charge in [0, 0.05) is 71.3 Å². The van der Waals surface area contributed by atoms with Crippen LogP contribution in [0.25, 0.3) is 0 Å². The van der Waals surface area contributed by atoms with E-state index in [2.05, 4.69) is 31.9 Å². The molecule has 3 rings (SSSR count). The van der Waals surface area contributed by atoms with E-state index in [1.807, 2.05) is 51.0 Å². The summed E-state index contributed by atoms with van der Waals surface area (Å²) in [6.07, 6.45) is -1.16. The highest BCUT2D eigenvalue weighted by Gasteiger charge is 2.44. The Hall–Kier alpha value is -6.93. The molecule has 0 radical (unpaired) electrons. The van der Waals surface area contributed by atoms with Crippen LogP contribution < -0.4 is 43.4 Å². The maximum Gasteiger partial charge on any atom is 0.410 e. The lowest BCUT2D eigenvalue weighted by atomic mass is 9.89. The van der Waals surface area contributed by atoms with E-state index in [9.17, 15) is 48.3 Å². The Morgan fingerprint density at radius 1 is 0.761 bits per heavy atom. The Balaban J connectivity index is 1.83. The van der Waals surface area contributed by atoms with E-state index in [1.54, 1.807) is 79.5 Å². The maximum atomic E-state index is 14.9. The minimum atomic E-state index is -1.15. The van der Waals surface area contributed by atoms with Gasteiger partial charge in [-0.2, -0.15) is 0 Å². The molecule has 0 unspecified atom stereocenters. The molecule has 0 spiro atoms. The van der Waals surface area contributed by atoms with Crippen LogP contribution in [0.1, 0.15) is 135 Å². The third kappa shape index (κ3) is 22.0. The number of rotatable bonds is 35. The lowest BCUT2D eigenvalue weighted by molar-refractivity contribution is -0.148. The molecule has 1 aliphatic heterocycles. The number of aliphatic hydroxyl groups is 1. The van der Waals surface area contributed by atoms with E-state index in [4.69, 9.17) is 25.7 Å². The maximum absolute atomic E-state index is 14.9. The van der Waals surface area contributed by atoms with Crippen LogP contribution >= 0.6 is 0 Å². The fraction of sp³-hybridized carbons (Fsp3) is 0.667. The number of carbonyl (C=O) groups is 9. The molecule has 0 saturated carbocycles. The van der Waals surface area contributed by atoms with Crippen molar-refractivity contribution in [2.75, 3.05) is 73.9 Å². The predicted molar refractivity (Wildman–Crippen MR) is 336 cm³/mol. The zero-order valence-corrected chi connectivity index (χ0v) is 54.8. The molecule has 0 aromatic heterocycles. The number of likely N-dealkylation sites (tertiary alicyclic amines) is 1. The fourth-order valence-electron chi connectivity index (χ4n) is 11.0. The molecule has 25 nitrogen and oxygen atoms in total.